The number of nitrogens with zero attached hydrogens (tertiary/aromatic N) is 2. The van der Waals surface area contributed by atoms with E-state index in [1.54, 1.807) is 0 Å². The van der Waals surface area contributed by atoms with Gasteiger partial charge in [-0.15, -0.1) is 0 Å². The third-order valence-corrected chi connectivity index (χ3v) is 4.08. The van der Waals surface area contributed by atoms with Gasteiger partial charge < -0.3 is 10.6 Å². The second-order valence-electron chi connectivity index (χ2n) is 5.38. The molecule has 0 spiro atoms. The molecule has 0 unspecified atom stereocenters. The third-order valence-electron chi connectivity index (χ3n) is 3.85. The van der Waals surface area contributed by atoms with Gasteiger partial charge in [-0.1, -0.05) is 17.7 Å². The van der Waals surface area contributed by atoms with Crippen molar-refractivity contribution in [1.82, 2.24) is 4.90 Å². The van der Waals surface area contributed by atoms with Gasteiger partial charge in [0.1, 0.15) is 0 Å². The van der Waals surface area contributed by atoms with Crippen molar-refractivity contribution in [1.29, 1.82) is 0 Å². The highest BCUT2D eigenvalue weighted by molar-refractivity contribution is 6.30. The predicted molar refractivity (Wildman–Crippen MR) is 78.5 cm³/mol. The van der Waals surface area contributed by atoms with E-state index in [-0.39, 0.29) is 5.91 Å². The van der Waals surface area contributed by atoms with Crippen molar-refractivity contribution >= 4 is 23.2 Å². The lowest BCUT2D eigenvalue weighted by Crippen LogP contribution is -2.59. The third kappa shape index (κ3) is 3.01. The second-order valence-corrected chi connectivity index (χ2v) is 5.81. The molecule has 5 heteroatoms. The Kier molecular flexibility index (Phi) is 4.02. The Morgan fingerprint density at radius 3 is 2.42 bits per heavy atom. The first-order chi connectivity index (χ1) is 8.91. The largest absolute Gasteiger partial charge is 0.369 e. The molecule has 1 aromatic carbocycles. The number of anilines is 1. The van der Waals surface area contributed by atoms with Crippen LogP contribution in [0.5, 0.6) is 0 Å². The molecule has 19 heavy (non-hydrogen) atoms. The molecule has 1 saturated heterocycles. The minimum absolute atomic E-state index is 0.274. The van der Waals surface area contributed by atoms with E-state index in [1.807, 2.05) is 32.0 Å². The Hall–Kier alpha value is -1.26. The van der Waals surface area contributed by atoms with Crippen LogP contribution in [0.4, 0.5) is 5.69 Å². The monoisotopic (exact) mass is 281 g/mol. The summed E-state index contributed by atoms with van der Waals surface area (Å²) in [6.45, 7) is 7.15. The maximum atomic E-state index is 11.5. The van der Waals surface area contributed by atoms with Crippen LogP contribution >= 0.6 is 11.6 Å². The summed E-state index contributed by atoms with van der Waals surface area (Å²) in [6, 6.07) is 7.85. The van der Waals surface area contributed by atoms with E-state index in [1.165, 1.54) is 0 Å². The average molecular weight is 282 g/mol. The van der Waals surface area contributed by atoms with Crippen LogP contribution in [0, 0.1) is 0 Å². The molecule has 1 fully saturated rings. The molecule has 1 aliphatic rings. The number of rotatable bonds is 3. The lowest BCUT2D eigenvalue weighted by atomic mass is 10.0. The molecule has 1 amide bonds. The standard InChI is InChI=1S/C14H20ClN3O/c1-14(2,13(16)19)18-8-6-17(7-9-18)12-5-3-4-11(15)10-12/h3-5,10H,6-9H2,1-2H3,(H2,16,19). The van der Waals surface area contributed by atoms with Crippen LogP contribution in [0.3, 0.4) is 0 Å². The van der Waals surface area contributed by atoms with Crippen LogP contribution in [0.1, 0.15) is 13.8 Å². The van der Waals surface area contributed by atoms with Gasteiger partial charge in [0.05, 0.1) is 5.54 Å². The Bertz CT molecular complexity index is 468. The number of piperazine rings is 1. The smallest absolute Gasteiger partial charge is 0.237 e. The van der Waals surface area contributed by atoms with Crippen molar-refractivity contribution in [2.75, 3.05) is 31.1 Å². The van der Waals surface area contributed by atoms with Crippen molar-refractivity contribution in [3.63, 3.8) is 0 Å². The normalized spacial score (nSPS) is 17.5. The van der Waals surface area contributed by atoms with E-state index in [9.17, 15) is 4.79 Å². The van der Waals surface area contributed by atoms with Gasteiger partial charge in [-0.05, 0) is 32.0 Å². The molecule has 1 aliphatic heterocycles. The predicted octanol–water partition coefficient (Wildman–Crippen LogP) is 1.73. The second kappa shape index (κ2) is 5.39. The summed E-state index contributed by atoms with van der Waals surface area (Å²) in [5.74, 6) is -0.274. The van der Waals surface area contributed by atoms with E-state index in [0.717, 1.165) is 36.9 Å². The van der Waals surface area contributed by atoms with Gasteiger partial charge in [0, 0.05) is 36.9 Å². The van der Waals surface area contributed by atoms with E-state index in [2.05, 4.69) is 15.9 Å². The summed E-state index contributed by atoms with van der Waals surface area (Å²) >= 11 is 6.01. The van der Waals surface area contributed by atoms with Crippen LogP contribution in [0.25, 0.3) is 0 Å². The summed E-state index contributed by atoms with van der Waals surface area (Å²) in [7, 11) is 0. The fraction of sp³-hybridized carbons (Fsp3) is 0.500. The van der Waals surface area contributed by atoms with Gasteiger partial charge >= 0.3 is 0 Å². The van der Waals surface area contributed by atoms with Crippen LogP contribution < -0.4 is 10.6 Å². The van der Waals surface area contributed by atoms with Gasteiger partial charge in [-0.3, -0.25) is 9.69 Å². The molecule has 0 radical (unpaired) electrons. The van der Waals surface area contributed by atoms with Gasteiger partial charge in [0.15, 0.2) is 0 Å². The SMILES string of the molecule is CC(C)(C(N)=O)N1CCN(c2cccc(Cl)c2)CC1. The molecular weight excluding hydrogens is 262 g/mol. The van der Waals surface area contributed by atoms with Crippen molar-refractivity contribution in [2.45, 2.75) is 19.4 Å². The molecule has 1 aromatic rings. The van der Waals surface area contributed by atoms with Crippen LogP contribution in [-0.2, 0) is 4.79 Å². The molecule has 2 N–H and O–H groups in total. The van der Waals surface area contributed by atoms with Crippen LogP contribution in [-0.4, -0.2) is 42.5 Å². The zero-order chi connectivity index (χ0) is 14.0. The van der Waals surface area contributed by atoms with Crippen LogP contribution in [0.2, 0.25) is 5.02 Å². The van der Waals surface area contributed by atoms with E-state index < -0.39 is 5.54 Å². The summed E-state index contributed by atoms with van der Waals surface area (Å²) < 4.78 is 0. The van der Waals surface area contributed by atoms with Crippen molar-refractivity contribution in [3.8, 4) is 0 Å². The number of primary amides is 1. The Labute approximate surface area is 119 Å². The maximum Gasteiger partial charge on any atom is 0.237 e. The quantitative estimate of drug-likeness (QED) is 0.918. The number of amides is 1. The zero-order valence-corrected chi connectivity index (χ0v) is 12.2. The minimum Gasteiger partial charge on any atom is -0.369 e. The molecule has 0 atom stereocenters. The first kappa shape index (κ1) is 14.2. The maximum absolute atomic E-state index is 11.5. The fourth-order valence-electron chi connectivity index (χ4n) is 2.35. The minimum atomic E-state index is -0.583. The number of halogens is 1. The summed E-state index contributed by atoms with van der Waals surface area (Å²) in [6.07, 6.45) is 0. The first-order valence-corrected chi connectivity index (χ1v) is 6.84. The van der Waals surface area contributed by atoms with Gasteiger partial charge in [-0.25, -0.2) is 0 Å². The number of carbonyl (C=O) groups excluding carboxylic acids is 1. The van der Waals surface area contributed by atoms with E-state index in [0.29, 0.717) is 0 Å². The summed E-state index contributed by atoms with van der Waals surface area (Å²) in [5, 5.41) is 0.748. The number of benzene rings is 1. The molecule has 0 aliphatic carbocycles. The average Bonchev–Trinajstić information content (AvgIpc) is 2.38. The molecular formula is C14H20ClN3O. The number of hydrogen-bond acceptors (Lipinski definition) is 3. The topological polar surface area (TPSA) is 49.6 Å². The molecule has 0 aromatic heterocycles. The Morgan fingerprint density at radius 1 is 1.26 bits per heavy atom. The fourth-order valence-corrected chi connectivity index (χ4v) is 2.54. The molecule has 2 rings (SSSR count). The van der Waals surface area contributed by atoms with Gasteiger partial charge in [0.2, 0.25) is 5.91 Å². The molecule has 1 heterocycles. The Balaban J connectivity index is 2.02. The van der Waals surface area contributed by atoms with Gasteiger partial charge in [0.25, 0.3) is 0 Å². The van der Waals surface area contributed by atoms with Gasteiger partial charge in [-0.2, -0.15) is 0 Å². The number of nitrogens with two attached hydrogens (primary N) is 1. The molecule has 4 nitrogen and oxygen atoms in total. The van der Waals surface area contributed by atoms with Crippen molar-refractivity contribution < 1.29 is 4.79 Å². The first-order valence-electron chi connectivity index (χ1n) is 6.47. The molecule has 0 bridgehead atoms. The lowest BCUT2D eigenvalue weighted by Gasteiger charge is -2.43. The lowest BCUT2D eigenvalue weighted by molar-refractivity contribution is -0.128. The van der Waals surface area contributed by atoms with Crippen LogP contribution in [0.15, 0.2) is 24.3 Å². The van der Waals surface area contributed by atoms with E-state index in [4.69, 9.17) is 17.3 Å². The Morgan fingerprint density at radius 2 is 1.89 bits per heavy atom. The number of carbonyl (C=O) groups is 1. The van der Waals surface area contributed by atoms with Crippen molar-refractivity contribution in [3.05, 3.63) is 29.3 Å². The zero-order valence-electron chi connectivity index (χ0n) is 11.4. The van der Waals surface area contributed by atoms with E-state index >= 15 is 0 Å². The molecule has 0 saturated carbocycles. The summed E-state index contributed by atoms with van der Waals surface area (Å²) in [4.78, 5) is 15.9. The highest BCUT2D eigenvalue weighted by Gasteiger charge is 2.34. The highest BCUT2D eigenvalue weighted by Crippen LogP contribution is 2.23. The molecule has 104 valence electrons. The highest BCUT2D eigenvalue weighted by atomic mass is 35.5. The number of hydrogen-bond donors (Lipinski definition) is 1. The summed E-state index contributed by atoms with van der Waals surface area (Å²) in [5.41, 5.74) is 6.00. The van der Waals surface area contributed by atoms with Crippen molar-refractivity contribution in [2.24, 2.45) is 5.73 Å².